The Balaban J connectivity index is 0.000000325. The summed E-state index contributed by atoms with van der Waals surface area (Å²) < 4.78 is 4.32. The van der Waals surface area contributed by atoms with Crippen LogP contribution in [0.3, 0.4) is 0 Å². The summed E-state index contributed by atoms with van der Waals surface area (Å²) >= 11 is 9.99. The molecule has 0 N–H and O–H groups in total. The van der Waals surface area contributed by atoms with Crippen LogP contribution in [0.25, 0.3) is 0 Å². The molecule has 0 spiro atoms. The van der Waals surface area contributed by atoms with E-state index in [1.165, 1.54) is 7.11 Å². The second kappa shape index (κ2) is 9.33. The molecule has 0 atom stereocenters. The van der Waals surface area contributed by atoms with E-state index in [1.807, 2.05) is 30.3 Å². The van der Waals surface area contributed by atoms with Crippen LogP contribution in [0.5, 0.6) is 0 Å². The van der Waals surface area contributed by atoms with Crippen LogP contribution < -0.4 is 0 Å². The summed E-state index contributed by atoms with van der Waals surface area (Å²) in [5, 5.41) is -0.774. The number of ether oxygens (including phenoxy) is 1. The van der Waals surface area contributed by atoms with Gasteiger partial charge in [0.1, 0.15) is 6.61 Å². The van der Waals surface area contributed by atoms with Gasteiger partial charge in [-0.25, -0.2) is 0 Å². The van der Waals surface area contributed by atoms with E-state index >= 15 is 0 Å². The minimum absolute atomic E-state index is 0.00154. The molecule has 0 heterocycles. The van der Waals surface area contributed by atoms with Gasteiger partial charge in [0.25, 0.3) is 0 Å². The Morgan fingerprint density at radius 1 is 1.12 bits per heavy atom. The van der Waals surface area contributed by atoms with Gasteiger partial charge in [-0.1, -0.05) is 30.3 Å². The highest BCUT2D eigenvalue weighted by Gasteiger charge is 1.96. The quantitative estimate of drug-likeness (QED) is 0.783. The summed E-state index contributed by atoms with van der Waals surface area (Å²) in [6.07, 6.45) is 0.322. The molecule has 3 nitrogen and oxygen atoms in total. The summed E-state index contributed by atoms with van der Waals surface area (Å²) in [5.74, 6) is 0. The number of hydrogen-bond acceptors (Lipinski definition) is 3. The average Bonchev–Trinajstić information content (AvgIpc) is 2.18. The number of methoxy groups -OCH3 is 1. The lowest BCUT2D eigenvalue weighted by atomic mass is 10.2. The molecule has 0 aromatic heterocycles. The molecule has 5 heteroatoms. The van der Waals surface area contributed by atoms with Crippen LogP contribution in [0.4, 0.5) is 0 Å². The Labute approximate surface area is 104 Å². The number of benzene rings is 1. The number of carbonyl (C=O) groups is 2. The first-order chi connectivity index (χ1) is 7.56. The number of rotatable bonds is 4. The van der Waals surface area contributed by atoms with Crippen molar-refractivity contribution < 1.29 is 14.3 Å². The third-order valence-corrected chi connectivity index (χ3v) is 1.69. The Kier molecular flexibility index (Phi) is 8.81. The molecule has 0 aliphatic heterocycles. The van der Waals surface area contributed by atoms with Crippen LogP contribution in [-0.2, 0) is 20.7 Å². The van der Waals surface area contributed by atoms with Crippen molar-refractivity contribution in [2.24, 2.45) is 0 Å². The van der Waals surface area contributed by atoms with E-state index in [0.717, 1.165) is 5.56 Å². The third kappa shape index (κ3) is 9.65. The van der Waals surface area contributed by atoms with Gasteiger partial charge in [-0.3, -0.25) is 9.59 Å². The van der Waals surface area contributed by atoms with Gasteiger partial charge in [0.05, 0.1) is 0 Å². The van der Waals surface area contributed by atoms with Crippen molar-refractivity contribution in [2.45, 2.75) is 6.42 Å². The van der Waals surface area contributed by atoms with Crippen LogP contribution in [-0.4, -0.2) is 24.2 Å². The van der Waals surface area contributed by atoms with Crippen LogP contribution in [0, 0.1) is 0 Å². The fourth-order valence-corrected chi connectivity index (χ4v) is 1.13. The number of carbonyl (C=O) groups excluding carboxylic acids is 2. The Bertz CT molecular complexity index is 325. The Morgan fingerprint density at radius 3 is 2.00 bits per heavy atom. The van der Waals surface area contributed by atoms with Gasteiger partial charge in [-0.05, 0) is 28.8 Å². The molecule has 1 aromatic rings. The summed E-state index contributed by atoms with van der Waals surface area (Å²) in [6.45, 7) is 0.00154. The molecule has 0 radical (unpaired) electrons. The van der Waals surface area contributed by atoms with E-state index < -0.39 is 5.24 Å². The van der Waals surface area contributed by atoms with E-state index in [4.69, 9.17) is 23.2 Å². The van der Waals surface area contributed by atoms with Gasteiger partial charge in [-0.2, -0.15) is 0 Å². The first kappa shape index (κ1) is 15.1. The Morgan fingerprint density at radius 2 is 1.69 bits per heavy atom. The van der Waals surface area contributed by atoms with E-state index in [0.29, 0.717) is 6.42 Å². The maximum Gasteiger partial charge on any atom is 0.247 e. The van der Waals surface area contributed by atoms with Crippen molar-refractivity contribution in [3.8, 4) is 0 Å². The SMILES string of the molecule is COCC(=O)Cl.O=C(Cl)Cc1ccccc1. The van der Waals surface area contributed by atoms with Gasteiger partial charge in [0, 0.05) is 13.5 Å². The second-order valence-corrected chi connectivity index (χ2v) is 3.65. The highest BCUT2D eigenvalue weighted by molar-refractivity contribution is 6.64. The Hall–Kier alpha value is -0.900. The first-order valence-electron chi connectivity index (χ1n) is 4.45. The molecule has 0 aliphatic rings. The molecule has 0 amide bonds. The monoisotopic (exact) mass is 262 g/mol. The van der Waals surface area contributed by atoms with Crippen molar-refractivity contribution in [1.29, 1.82) is 0 Å². The molecule has 1 aromatic carbocycles. The zero-order valence-corrected chi connectivity index (χ0v) is 10.3. The number of hydrogen-bond donors (Lipinski definition) is 0. The van der Waals surface area contributed by atoms with Crippen LogP contribution in [0.15, 0.2) is 30.3 Å². The smallest absolute Gasteiger partial charge is 0.247 e. The van der Waals surface area contributed by atoms with Crippen LogP contribution in [0.1, 0.15) is 5.56 Å². The molecule has 1 rings (SSSR count). The zero-order chi connectivity index (χ0) is 12.4. The third-order valence-electron chi connectivity index (χ3n) is 1.44. The molecule has 0 bridgehead atoms. The normalized spacial score (nSPS) is 8.94. The second-order valence-electron chi connectivity index (χ2n) is 2.81. The van der Waals surface area contributed by atoms with Gasteiger partial charge in [0.2, 0.25) is 10.5 Å². The average molecular weight is 263 g/mol. The van der Waals surface area contributed by atoms with Crippen molar-refractivity contribution >= 4 is 33.7 Å². The van der Waals surface area contributed by atoms with Gasteiger partial charge < -0.3 is 4.74 Å². The zero-order valence-electron chi connectivity index (χ0n) is 8.78. The van der Waals surface area contributed by atoms with Crippen molar-refractivity contribution in [1.82, 2.24) is 0 Å². The lowest BCUT2D eigenvalue weighted by Gasteiger charge is -1.92. The standard InChI is InChI=1S/C8H7ClO.C3H5ClO2/c9-8(10)6-7-4-2-1-3-5-7;1-6-2-3(4)5/h1-5H,6H2;2H2,1H3. The predicted octanol–water partition coefficient (Wildman–Crippen LogP) is 2.39. The molecule has 0 saturated carbocycles. The van der Waals surface area contributed by atoms with E-state index in [-0.39, 0.29) is 11.8 Å². The minimum Gasteiger partial charge on any atom is -0.376 e. The van der Waals surface area contributed by atoms with Crippen molar-refractivity contribution in [3.05, 3.63) is 35.9 Å². The largest absolute Gasteiger partial charge is 0.376 e. The van der Waals surface area contributed by atoms with Crippen molar-refractivity contribution in [3.63, 3.8) is 0 Å². The minimum atomic E-state index is -0.461. The summed E-state index contributed by atoms with van der Waals surface area (Å²) in [4.78, 5) is 20.1. The fourth-order valence-electron chi connectivity index (χ4n) is 0.870. The fraction of sp³-hybridized carbons (Fsp3) is 0.273. The maximum absolute atomic E-state index is 10.4. The molecular formula is C11H12Cl2O3. The van der Waals surface area contributed by atoms with E-state index in [1.54, 1.807) is 0 Å². The summed E-state index contributed by atoms with van der Waals surface area (Å²) in [5.41, 5.74) is 0.961. The molecule has 16 heavy (non-hydrogen) atoms. The molecule has 0 fully saturated rings. The van der Waals surface area contributed by atoms with Gasteiger partial charge >= 0.3 is 0 Å². The molecular weight excluding hydrogens is 251 g/mol. The highest BCUT2D eigenvalue weighted by atomic mass is 35.5. The van der Waals surface area contributed by atoms with Crippen LogP contribution in [0.2, 0.25) is 0 Å². The van der Waals surface area contributed by atoms with E-state index in [2.05, 4.69) is 4.74 Å². The highest BCUT2D eigenvalue weighted by Crippen LogP contribution is 2.00. The number of halogens is 2. The summed E-state index contributed by atoms with van der Waals surface area (Å²) in [6, 6.07) is 9.42. The predicted molar refractivity (Wildman–Crippen MR) is 63.7 cm³/mol. The lowest BCUT2D eigenvalue weighted by Crippen LogP contribution is -1.95. The van der Waals surface area contributed by atoms with E-state index in [9.17, 15) is 9.59 Å². The molecule has 88 valence electrons. The lowest BCUT2D eigenvalue weighted by molar-refractivity contribution is -0.115. The van der Waals surface area contributed by atoms with Gasteiger partial charge in [-0.15, -0.1) is 0 Å². The first-order valence-corrected chi connectivity index (χ1v) is 5.21. The maximum atomic E-state index is 10.4. The molecule has 0 saturated heterocycles. The van der Waals surface area contributed by atoms with Crippen LogP contribution >= 0.6 is 23.2 Å². The molecule has 0 aliphatic carbocycles. The van der Waals surface area contributed by atoms with Crippen molar-refractivity contribution in [2.75, 3.05) is 13.7 Å². The summed E-state index contributed by atoms with van der Waals surface area (Å²) in [7, 11) is 1.42. The molecule has 0 unspecified atom stereocenters. The van der Waals surface area contributed by atoms with Gasteiger partial charge in [0.15, 0.2) is 0 Å². The topological polar surface area (TPSA) is 43.4 Å².